The largest absolute Gasteiger partial charge is 0.343 e. The lowest BCUT2D eigenvalue weighted by Crippen LogP contribution is -2.52. The minimum atomic E-state index is 0.388. The Labute approximate surface area is 218 Å². The van der Waals surface area contributed by atoms with Crippen molar-refractivity contribution in [2.24, 2.45) is 52.3 Å². The monoisotopic (exact) mass is 485 g/mol. The number of carbonyl (C=O) groups is 1. The third-order valence-corrected chi connectivity index (χ3v) is 12.2. The predicted molar refractivity (Wildman–Crippen MR) is 149 cm³/mol. The molecule has 4 fully saturated rings. The van der Waals surface area contributed by atoms with Gasteiger partial charge in [0.1, 0.15) is 0 Å². The van der Waals surface area contributed by atoms with Gasteiger partial charge in [0, 0.05) is 19.5 Å². The van der Waals surface area contributed by atoms with E-state index in [1.165, 1.54) is 89.9 Å². The molecule has 1 heterocycles. The molecule has 0 aromatic heterocycles. The Balaban J connectivity index is 1.42. The Kier molecular flexibility index (Phi) is 9.01. The van der Waals surface area contributed by atoms with Gasteiger partial charge in [0.15, 0.2) is 0 Å². The molecule has 35 heavy (non-hydrogen) atoms. The molecule has 0 bridgehead atoms. The summed E-state index contributed by atoms with van der Waals surface area (Å²) in [4.78, 5) is 15.5. The molecule has 1 saturated heterocycles. The van der Waals surface area contributed by atoms with E-state index in [0.717, 1.165) is 55.0 Å². The average molecular weight is 486 g/mol. The van der Waals surface area contributed by atoms with Gasteiger partial charge in [-0.25, -0.2) is 0 Å². The van der Waals surface area contributed by atoms with Gasteiger partial charge >= 0.3 is 0 Å². The van der Waals surface area contributed by atoms with Crippen LogP contribution in [0, 0.1) is 52.3 Å². The van der Waals surface area contributed by atoms with Crippen LogP contribution in [0.1, 0.15) is 138 Å². The van der Waals surface area contributed by atoms with Crippen LogP contribution in [-0.4, -0.2) is 23.9 Å². The van der Waals surface area contributed by atoms with E-state index >= 15 is 0 Å². The third-order valence-electron chi connectivity index (χ3n) is 12.2. The fraction of sp³-hybridized carbons (Fsp3) is 0.970. The van der Waals surface area contributed by atoms with Crippen LogP contribution in [0.4, 0.5) is 0 Å². The number of likely N-dealkylation sites (tertiary alicyclic amines) is 1. The highest BCUT2D eigenvalue weighted by Gasteiger charge is 2.60. The summed E-state index contributed by atoms with van der Waals surface area (Å²) >= 11 is 0. The van der Waals surface area contributed by atoms with Crippen molar-refractivity contribution in [3.05, 3.63) is 0 Å². The van der Waals surface area contributed by atoms with E-state index < -0.39 is 0 Å². The van der Waals surface area contributed by atoms with Gasteiger partial charge in [-0.05, 0) is 104 Å². The molecule has 0 aromatic carbocycles. The summed E-state index contributed by atoms with van der Waals surface area (Å²) < 4.78 is 0. The van der Waals surface area contributed by atoms with Crippen LogP contribution in [0.3, 0.4) is 0 Å². The van der Waals surface area contributed by atoms with Crippen molar-refractivity contribution >= 4 is 5.91 Å². The summed E-state index contributed by atoms with van der Waals surface area (Å²) in [6, 6.07) is 0. The van der Waals surface area contributed by atoms with Crippen molar-refractivity contribution in [3.63, 3.8) is 0 Å². The van der Waals surface area contributed by atoms with E-state index in [-0.39, 0.29) is 0 Å². The average Bonchev–Trinajstić information content (AvgIpc) is 3.11. The first-order valence-corrected chi connectivity index (χ1v) is 16.0. The van der Waals surface area contributed by atoms with Crippen molar-refractivity contribution in [2.45, 2.75) is 138 Å². The minimum Gasteiger partial charge on any atom is -0.343 e. The summed E-state index contributed by atoms with van der Waals surface area (Å²) in [5.41, 5.74) is 0.965. The Bertz CT molecular complexity index is 701. The zero-order valence-corrected chi connectivity index (χ0v) is 24.4. The molecule has 1 aliphatic heterocycles. The van der Waals surface area contributed by atoms with Gasteiger partial charge in [0.25, 0.3) is 0 Å². The van der Waals surface area contributed by atoms with Crippen LogP contribution in [0.2, 0.25) is 0 Å². The first-order valence-electron chi connectivity index (χ1n) is 16.0. The molecule has 3 aliphatic carbocycles. The van der Waals surface area contributed by atoms with E-state index in [0.29, 0.717) is 22.7 Å². The number of hydrogen-bond acceptors (Lipinski definition) is 1. The van der Waals surface area contributed by atoms with Crippen LogP contribution >= 0.6 is 0 Å². The van der Waals surface area contributed by atoms with Gasteiger partial charge in [-0.3, -0.25) is 4.79 Å². The lowest BCUT2D eigenvalue weighted by molar-refractivity contribution is -0.133. The fourth-order valence-electron chi connectivity index (χ4n) is 10.1. The molecule has 2 nitrogen and oxygen atoms in total. The van der Waals surface area contributed by atoms with Crippen molar-refractivity contribution in [2.75, 3.05) is 13.1 Å². The zero-order chi connectivity index (χ0) is 25.2. The molecule has 1 amide bonds. The summed E-state index contributed by atoms with van der Waals surface area (Å²) in [5, 5.41) is 0. The third kappa shape index (κ3) is 5.52. The number of amides is 1. The summed E-state index contributed by atoms with van der Waals surface area (Å²) in [7, 11) is 0. The molecule has 0 spiro atoms. The number of carbonyl (C=O) groups excluding carboxylic acids is 1. The van der Waals surface area contributed by atoms with Gasteiger partial charge in [-0.2, -0.15) is 0 Å². The quantitative estimate of drug-likeness (QED) is 0.282. The van der Waals surface area contributed by atoms with Crippen LogP contribution in [0.15, 0.2) is 0 Å². The molecule has 0 radical (unpaired) electrons. The number of unbranched alkanes of at least 4 members (excludes halogenated alkanes) is 3. The smallest absolute Gasteiger partial charge is 0.222 e. The number of fused-ring (bicyclic) bond motifs is 5. The lowest BCUT2D eigenvalue weighted by atomic mass is 9.46. The van der Waals surface area contributed by atoms with Gasteiger partial charge in [-0.15, -0.1) is 0 Å². The molecule has 4 rings (SSSR count). The van der Waals surface area contributed by atoms with Crippen LogP contribution in [0.5, 0.6) is 0 Å². The highest BCUT2D eigenvalue weighted by Crippen LogP contribution is 2.67. The molecule has 202 valence electrons. The highest BCUT2D eigenvalue weighted by molar-refractivity contribution is 5.77. The second kappa shape index (κ2) is 11.5. The maximum absolute atomic E-state index is 13.2. The first-order chi connectivity index (χ1) is 16.7. The van der Waals surface area contributed by atoms with E-state index in [2.05, 4.69) is 46.4 Å². The minimum absolute atomic E-state index is 0.388. The van der Waals surface area contributed by atoms with Gasteiger partial charge in [0.05, 0.1) is 0 Å². The van der Waals surface area contributed by atoms with Crippen LogP contribution in [-0.2, 0) is 4.79 Å². The Morgan fingerprint density at radius 2 is 1.63 bits per heavy atom. The maximum atomic E-state index is 13.2. The topological polar surface area (TPSA) is 20.3 Å². The maximum Gasteiger partial charge on any atom is 0.222 e. The molecule has 2 heteroatoms. The molecule has 0 aromatic rings. The molecular formula is C33H59NO. The number of nitrogens with zero attached hydrogens (tertiary/aromatic N) is 1. The SMILES string of the molecule is CCCCCCN1CC[C@@]2(C)[C@@H](CC[C@@H]3[C@@H]2CC[C@]2(C)[C@@H]([C@H](C)CCCC(C)C)CC[C@@H]32)CC1=O. The summed E-state index contributed by atoms with van der Waals surface area (Å²) in [6.07, 6.45) is 20.0. The van der Waals surface area contributed by atoms with Crippen molar-refractivity contribution in [1.82, 2.24) is 4.90 Å². The van der Waals surface area contributed by atoms with E-state index in [1.54, 1.807) is 0 Å². The normalized spacial score (nSPS) is 40.3. The molecule has 0 N–H and O–H groups in total. The fourth-order valence-corrected chi connectivity index (χ4v) is 10.1. The molecule has 8 atom stereocenters. The Hall–Kier alpha value is -0.530. The number of rotatable bonds is 10. The summed E-state index contributed by atoms with van der Waals surface area (Å²) in [6.45, 7) is 17.0. The van der Waals surface area contributed by atoms with Crippen LogP contribution in [0.25, 0.3) is 0 Å². The lowest BCUT2D eigenvalue weighted by Gasteiger charge is -2.59. The van der Waals surface area contributed by atoms with Crippen molar-refractivity contribution in [3.8, 4) is 0 Å². The molecule has 3 saturated carbocycles. The highest BCUT2D eigenvalue weighted by atomic mass is 16.2. The zero-order valence-electron chi connectivity index (χ0n) is 24.4. The van der Waals surface area contributed by atoms with E-state index in [1.807, 2.05) is 0 Å². The van der Waals surface area contributed by atoms with Gasteiger partial charge in [-0.1, -0.05) is 80.1 Å². The van der Waals surface area contributed by atoms with Gasteiger partial charge in [0.2, 0.25) is 5.91 Å². The second-order valence-electron chi connectivity index (χ2n) is 14.6. The Morgan fingerprint density at radius 3 is 2.37 bits per heavy atom. The predicted octanol–water partition coefficient (Wildman–Crippen LogP) is 9.13. The second-order valence-corrected chi connectivity index (χ2v) is 14.6. The van der Waals surface area contributed by atoms with E-state index in [4.69, 9.17) is 0 Å². The molecule has 0 unspecified atom stereocenters. The van der Waals surface area contributed by atoms with Crippen LogP contribution < -0.4 is 0 Å². The van der Waals surface area contributed by atoms with Crippen molar-refractivity contribution < 1.29 is 4.79 Å². The Morgan fingerprint density at radius 1 is 0.857 bits per heavy atom. The summed E-state index contributed by atoms with van der Waals surface area (Å²) in [5.74, 6) is 6.53. The molecular weight excluding hydrogens is 426 g/mol. The van der Waals surface area contributed by atoms with Crippen molar-refractivity contribution in [1.29, 1.82) is 0 Å². The van der Waals surface area contributed by atoms with Gasteiger partial charge < -0.3 is 4.90 Å². The van der Waals surface area contributed by atoms with E-state index in [9.17, 15) is 4.79 Å². The number of hydrogen-bond donors (Lipinski definition) is 0. The molecule has 4 aliphatic rings. The first kappa shape index (κ1) is 27.5. The standard InChI is InChI=1S/C33H59NO/c1-7-8-9-10-21-34-22-20-32(5)26(23-31(34)35)14-15-27-29-17-16-28(25(4)13-11-12-24(2)3)33(29,6)19-18-30(27)32/h24-30H,7-23H2,1-6H3/t25-,26+,27+,28-,29+,30+,32+,33-/m1/s1.